The molecule has 0 unspecified atom stereocenters. The maximum Gasteiger partial charge on any atom is 0.264 e. The Morgan fingerprint density at radius 1 is 0.667 bits per heavy atom. The van der Waals surface area contributed by atoms with E-state index in [4.69, 9.17) is 0 Å². The van der Waals surface area contributed by atoms with Gasteiger partial charge in [-0.25, -0.2) is 16.8 Å². The number of rotatable bonds is 9. The second-order valence-corrected chi connectivity index (χ2v) is 12.6. The maximum atomic E-state index is 13.5. The van der Waals surface area contributed by atoms with Crippen LogP contribution < -0.4 is 14.3 Å². The van der Waals surface area contributed by atoms with Crippen molar-refractivity contribution < 1.29 is 21.6 Å². The molecule has 0 aliphatic rings. The van der Waals surface area contributed by atoms with E-state index in [1.54, 1.807) is 49.4 Å². The second kappa shape index (κ2) is 11.3. The van der Waals surface area contributed by atoms with Crippen molar-refractivity contribution in [2.24, 2.45) is 0 Å². The van der Waals surface area contributed by atoms with Gasteiger partial charge in [0, 0.05) is 5.69 Å². The molecule has 0 heterocycles. The summed E-state index contributed by atoms with van der Waals surface area (Å²) in [7, 11) is -7.91. The highest BCUT2D eigenvalue weighted by atomic mass is 32.2. The van der Waals surface area contributed by atoms with E-state index in [1.807, 2.05) is 32.0 Å². The Balaban J connectivity index is 1.54. The Morgan fingerprint density at radius 2 is 1.23 bits per heavy atom. The van der Waals surface area contributed by atoms with Gasteiger partial charge in [0.25, 0.3) is 20.0 Å². The lowest BCUT2D eigenvalue weighted by molar-refractivity contribution is -0.114. The quantitative estimate of drug-likeness (QED) is 0.289. The Bertz CT molecular complexity index is 1680. The lowest BCUT2D eigenvalue weighted by Gasteiger charge is -2.25. The van der Waals surface area contributed by atoms with E-state index in [1.165, 1.54) is 36.4 Å². The Morgan fingerprint density at radius 3 is 1.85 bits per heavy atom. The van der Waals surface area contributed by atoms with Crippen LogP contribution in [0.1, 0.15) is 16.7 Å². The maximum absolute atomic E-state index is 13.5. The van der Waals surface area contributed by atoms with Crippen LogP contribution in [-0.2, 0) is 24.8 Å². The molecular weight excluding hydrogens is 534 g/mol. The van der Waals surface area contributed by atoms with Gasteiger partial charge in [-0.1, -0.05) is 54.6 Å². The van der Waals surface area contributed by atoms with Crippen molar-refractivity contribution in [3.8, 4) is 0 Å². The highest BCUT2D eigenvalue weighted by Crippen LogP contribution is 2.27. The molecule has 0 spiro atoms. The van der Waals surface area contributed by atoms with Crippen molar-refractivity contribution in [3.05, 3.63) is 114 Å². The van der Waals surface area contributed by atoms with Gasteiger partial charge in [0.1, 0.15) is 6.54 Å². The van der Waals surface area contributed by atoms with Gasteiger partial charge in [0.2, 0.25) is 5.91 Å². The number of nitrogens with zero attached hydrogens (tertiary/aromatic N) is 1. The zero-order valence-corrected chi connectivity index (χ0v) is 23.4. The second-order valence-electron chi connectivity index (χ2n) is 9.06. The number of amides is 1. The molecule has 0 atom stereocenters. The summed E-state index contributed by atoms with van der Waals surface area (Å²) in [5, 5.41) is 2.67. The SMILES string of the molecule is Cc1ccccc1N(CC(=O)Nc1ccc(S(=O)(=O)Nc2c(C)cccc2C)cc1)S(=O)(=O)c1ccccc1. The van der Waals surface area contributed by atoms with Crippen LogP contribution in [0.15, 0.2) is 107 Å². The van der Waals surface area contributed by atoms with E-state index in [9.17, 15) is 21.6 Å². The molecule has 39 heavy (non-hydrogen) atoms. The van der Waals surface area contributed by atoms with Crippen molar-refractivity contribution in [3.63, 3.8) is 0 Å². The van der Waals surface area contributed by atoms with Gasteiger partial charge < -0.3 is 5.32 Å². The molecule has 0 saturated heterocycles. The zero-order valence-electron chi connectivity index (χ0n) is 21.7. The fraction of sp³-hybridized carbons (Fsp3) is 0.138. The summed E-state index contributed by atoms with van der Waals surface area (Å²) in [5.41, 5.74) is 3.52. The number of carbonyl (C=O) groups excluding carboxylic acids is 1. The molecule has 0 bridgehead atoms. The molecule has 4 aromatic carbocycles. The van der Waals surface area contributed by atoms with Crippen molar-refractivity contribution >= 4 is 43.0 Å². The number of sulfonamides is 2. The molecule has 2 N–H and O–H groups in total. The lowest BCUT2D eigenvalue weighted by atomic mass is 10.1. The molecular formula is C29H29N3O5S2. The monoisotopic (exact) mass is 563 g/mol. The standard InChI is InChI=1S/C29H29N3O5S2/c1-21-10-7-8-15-27(21)32(39(36,37)26-13-5-4-6-14-26)20-28(33)30-24-16-18-25(19-17-24)38(34,35)31-29-22(2)11-9-12-23(29)3/h4-19,31H,20H2,1-3H3,(H,30,33). The third-order valence-corrected chi connectivity index (χ3v) is 9.31. The predicted molar refractivity (Wildman–Crippen MR) is 154 cm³/mol. The van der Waals surface area contributed by atoms with Gasteiger partial charge >= 0.3 is 0 Å². The first kappa shape index (κ1) is 27.9. The van der Waals surface area contributed by atoms with Crippen molar-refractivity contribution in [2.45, 2.75) is 30.6 Å². The van der Waals surface area contributed by atoms with Crippen LogP contribution in [0.2, 0.25) is 0 Å². The lowest BCUT2D eigenvalue weighted by Crippen LogP contribution is -2.38. The third-order valence-electron chi connectivity index (χ3n) is 6.17. The summed E-state index contributed by atoms with van der Waals surface area (Å²) in [6.07, 6.45) is 0. The number of hydrogen-bond donors (Lipinski definition) is 2. The minimum atomic E-state index is -4.04. The number of carbonyl (C=O) groups is 1. The molecule has 4 rings (SSSR count). The normalized spacial score (nSPS) is 11.6. The van der Waals surface area contributed by atoms with Crippen LogP contribution in [0.5, 0.6) is 0 Å². The Labute approximate surface area is 229 Å². The summed E-state index contributed by atoms with van der Waals surface area (Å²) < 4.78 is 56.6. The largest absolute Gasteiger partial charge is 0.325 e. The van der Waals surface area contributed by atoms with Gasteiger partial charge in [-0.2, -0.15) is 0 Å². The molecule has 0 fully saturated rings. The summed E-state index contributed by atoms with van der Waals surface area (Å²) in [5.74, 6) is -0.581. The summed E-state index contributed by atoms with van der Waals surface area (Å²) >= 11 is 0. The van der Waals surface area contributed by atoms with E-state index in [2.05, 4.69) is 10.0 Å². The number of para-hydroxylation sites is 2. The van der Waals surface area contributed by atoms with Gasteiger partial charge in [-0.15, -0.1) is 0 Å². The molecule has 4 aromatic rings. The first-order valence-electron chi connectivity index (χ1n) is 12.1. The van der Waals surface area contributed by atoms with E-state index in [-0.39, 0.29) is 9.79 Å². The molecule has 0 radical (unpaired) electrons. The minimum absolute atomic E-state index is 0.0244. The van der Waals surface area contributed by atoms with E-state index in [0.29, 0.717) is 22.6 Å². The number of aryl methyl sites for hydroxylation is 3. The van der Waals surface area contributed by atoms with Crippen molar-refractivity contribution in [1.29, 1.82) is 0 Å². The Hall–Kier alpha value is -4.15. The first-order valence-corrected chi connectivity index (χ1v) is 15.0. The fourth-order valence-electron chi connectivity index (χ4n) is 4.08. The van der Waals surface area contributed by atoms with Gasteiger partial charge in [0.15, 0.2) is 0 Å². The number of hydrogen-bond acceptors (Lipinski definition) is 5. The molecule has 8 nitrogen and oxygen atoms in total. The highest BCUT2D eigenvalue weighted by Gasteiger charge is 2.28. The first-order chi connectivity index (χ1) is 18.5. The zero-order chi connectivity index (χ0) is 28.2. The average Bonchev–Trinajstić information content (AvgIpc) is 2.91. The van der Waals surface area contributed by atoms with Crippen LogP contribution in [0.4, 0.5) is 17.1 Å². The van der Waals surface area contributed by atoms with Gasteiger partial charge in [-0.05, 0) is 79.9 Å². The average molecular weight is 564 g/mol. The van der Waals surface area contributed by atoms with Crippen LogP contribution in [-0.4, -0.2) is 29.3 Å². The molecule has 0 saturated carbocycles. The molecule has 0 aliphatic heterocycles. The molecule has 202 valence electrons. The number of benzene rings is 4. The fourth-order valence-corrected chi connectivity index (χ4v) is 6.79. The van der Waals surface area contributed by atoms with Crippen molar-refractivity contribution in [2.75, 3.05) is 20.9 Å². The highest BCUT2D eigenvalue weighted by molar-refractivity contribution is 7.93. The Kier molecular flexibility index (Phi) is 8.08. The predicted octanol–water partition coefficient (Wildman–Crippen LogP) is 5.25. The van der Waals surface area contributed by atoms with Crippen LogP contribution in [0.25, 0.3) is 0 Å². The van der Waals surface area contributed by atoms with E-state index < -0.39 is 32.5 Å². The third kappa shape index (κ3) is 6.30. The van der Waals surface area contributed by atoms with Crippen LogP contribution in [0, 0.1) is 20.8 Å². The van der Waals surface area contributed by atoms with Gasteiger partial charge in [-0.3, -0.25) is 13.8 Å². The molecule has 10 heteroatoms. The summed E-state index contributed by atoms with van der Waals surface area (Å²) in [4.78, 5) is 13.1. The van der Waals surface area contributed by atoms with Gasteiger partial charge in [0.05, 0.1) is 21.2 Å². The molecule has 1 amide bonds. The molecule has 0 aliphatic carbocycles. The minimum Gasteiger partial charge on any atom is -0.325 e. The van der Waals surface area contributed by atoms with Crippen LogP contribution >= 0.6 is 0 Å². The molecule has 0 aromatic heterocycles. The summed E-state index contributed by atoms with van der Waals surface area (Å²) in [6, 6.07) is 26.0. The number of anilines is 3. The number of nitrogens with one attached hydrogen (secondary N) is 2. The van der Waals surface area contributed by atoms with Crippen LogP contribution in [0.3, 0.4) is 0 Å². The van der Waals surface area contributed by atoms with Crippen molar-refractivity contribution in [1.82, 2.24) is 0 Å². The smallest absolute Gasteiger partial charge is 0.264 e. The summed E-state index contributed by atoms with van der Waals surface area (Å²) in [6.45, 7) is 4.94. The van der Waals surface area contributed by atoms with E-state index >= 15 is 0 Å². The topological polar surface area (TPSA) is 113 Å². The van der Waals surface area contributed by atoms with E-state index in [0.717, 1.165) is 15.4 Å².